The van der Waals surface area contributed by atoms with E-state index in [9.17, 15) is 4.79 Å². The van der Waals surface area contributed by atoms with Gasteiger partial charge in [0.15, 0.2) is 0 Å². The molecule has 0 aromatic carbocycles. The summed E-state index contributed by atoms with van der Waals surface area (Å²) in [7, 11) is 0. The second-order valence-electron chi connectivity index (χ2n) is 5.44. The van der Waals surface area contributed by atoms with Crippen LogP contribution in [0.3, 0.4) is 0 Å². The minimum absolute atomic E-state index is 0.107. The molecule has 1 aliphatic rings. The molecule has 0 spiro atoms. The summed E-state index contributed by atoms with van der Waals surface area (Å²) in [6, 6.07) is 3.84. The van der Waals surface area contributed by atoms with Crippen LogP contribution in [0.1, 0.15) is 31.8 Å². The number of ether oxygens (including phenoxy) is 1. The van der Waals surface area contributed by atoms with Crippen LogP contribution in [-0.4, -0.2) is 24.3 Å². The van der Waals surface area contributed by atoms with E-state index in [1.807, 2.05) is 32.9 Å². The quantitative estimate of drug-likeness (QED) is 0.874. The van der Waals surface area contributed by atoms with Gasteiger partial charge in [-0.1, -0.05) is 13.8 Å². The van der Waals surface area contributed by atoms with Crippen LogP contribution in [0, 0.1) is 12.3 Å². The van der Waals surface area contributed by atoms with Crippen LogP contribution in [0.25, 0.3) is 0 Å². The fourth-order valence-electron chi connectivity index (χ4n) is 2.41. The minimum atomic E-state index is -0.787. The van der Waals surface area contributed by atoms with Crippen LogP contribution in [0.5, 0.6) is 0 Å². The van der Waals surface area contributed by atoms with Gasteiger partial charge in [-0.15, -0.1) is 0 Å². The lowest BCUT2D eigenvalue weighted by Crippen LogP contribution is -2.57. The summed E-state index contributed by atoms with van der Waals surface area (Å²) in [6.07, 6.45) is 0.107. The first-order chi connectivity index (χ1) is 7.87. The van der Waals surface area contributed by atoms with Gasteiger partial charge in [0, 0.05) is 0 Å². The predicted octanol–water partition coefficient (Wildman–Crippen LogP) is 2.36. The average molecular weight is 238 g/mol. The molecule has 1 aromatic heterocycles. The number of aliphatic carboxylic acids is 1. The normalized spacial score (nSPS) is 18.8. The Morgan fingerprint density at radius 1 is 1.47 bits per heavy atom. The van der Waals surface area contributed by atoms with Crippen molar-refractivity contribution in [1.29, 1.82) is 0 Å². The number of rotatable bonds is 4. The Morgan fingerprint density at radius 3 is 2.47 bits per heavy atom. The van der Waals surface area contributed by atoms with E-state index in [0.717, 1.165) is 11.5 Å². The number of furan rings is 1. The smallest absolute Gasteiger partial charge is 0.303 e. The molecule has 1 fully saturated rings. The van der Waals surface area contributed by atoms with Gasteiger partial charge < -0.3 is 14.3 Å². The van der Waals surface area contributed by atoms with Gasteiger partial charge in [-0.2, -0.15) is 0 Å². The fraction of sp³-hybridized carbons (Fsp3) is 0.615. The van der Waals surface area contributed by atoms with Crippen molar-refractivity contribution in [1.82, 2.24) is 0 Å². The van der Waals surface area contributed by atoms with Gasteiger partial charge in [0.1, 0.15) is 11.5 Å². The number of hydrogen-bond donors (Lipinski definition) is 1. The highest BCUT2D eigenvalue weighted by molar-refractivity contribution is 5.68. The molecule has 2 heterocycles. The van der Waals surface area contributed by atoms with Crippen molar-refractivity contribution < 1.29 is 19.1 Å². The molecule has 4 nitrogen and oxygen atoms in total. The monoisotopic (exact) mass is 238 g/mol. The molecule has 1 saturated heterocycles. The van der Waals surface area contributed by atoms with E-state index >= 15 is 0 Å². The molecular weight excluding hydrogens is 220 g/mol. The van der Waals surface area contributed by atoms with Gasteiger partial charge in [-0.05, 0) is 24.5 Å². The zero-order valence-corrected chi connectivity index (χ0v) is 10.4. The van der Waals surface area contributed by atoms with E-state index in [0.29, 0.717) is 13.2 Å². The van der Waals surface area contributed by atoms with Gasteiger partial charge in [0.2, 0.25) is 0 Å². The third kappa shape index (κ3) is 1.86. The van der Waals surface area contributed by atoms with Crippen molar-refractivity contribution in [2.24, 2.45) is 5.41 Å². The highest BCUT2D eigenvalue weighted by Gasteiger charge is 2.55. The van der Waals surface area contributed by atoms with E-state index in [-0.39, 0.29) is 17.3 Å². The van der Waals surface area contributed by atoms with Crippen LogP contribution in [0.15, 0.2) is 16.5 Å². The molecule has 0 amide bonds. The van der Waals surface area contributed by atoms with Crippen molar-refractivity contribution in [3.63, 3.8) is 0 Å². The molecule has 0 radical (unpaired) electrons. The molecule has 0 bridgehead atoms. The van der Waals surface area contributed by atoms with E-state index < -0.39 is 5.97 Å². The van der Waals surface area contributed by atoms with Crippen LogP contribution >= 0.6 is 0 Å². The number of carbonyl (C=O) groups is 1. The van der Waals surface area contributed by atoms with Crippen LogP contribution in [0.4, 0.5) is 0 Å². The minimum Gasteiger partial charge on any atom is -0.481 e. The Labute approximate surface area is 101 Å². The van der Waals surface area contributed by atoms with E-state index in [2.05, 4.69) is 0 Å². The summed E-state index contributed by atoms with van der Waals surface area (Å²) in [5.41, 5.74) is -0.693. The van der Waals surface area contributed by atoms with Gasteiger partial charge in [-0.25, -0.2) is 0 Å². The Bertz CT molecular complexity index is 426. The molecule has 0 saturated carbocycles. The molecule has 1 aromatic rings. The molecule has 4 heteroatoms. The first kappa shape index (κ1) is 12.2. The number of carboxylic acid groups (broad SMARTS) is 1. The largest absolute Gasteiger partial charge is 0.481 e. The highest BCUT2D eigenvalue weighted by atomic mass is 16.5. The topological polar surface area (TPSA) is 59.7 Å². The second-order valence-corrected chi connectivity index (χ2v) is 5.44. The summed E-state index contributed by atoms with van der Waals surface area (Å²) >= 11 is 0. The van der Waals surface area contributed by atoms with Crippen molar-refractivity contribution >= 4 is 5.97 Å². The lowest BCUT2D eigenvalue weighted by Gasteiger charge is -2.50. The number of aryl methyl sites for hydroxylation is 1. The van der Waals surface area contributed by atoms with Crippen LogP contribution in [0.2, 0.25) is 0 Å². The Hall–Kier alpha value is -1.29. The number of carboxylic acids is 1. The summed E-state index contributed by atoms with van der Waals surface area (Å²) < 4.78 is 11.0. The second kappa shape index (κ2) is 3.88. The van der Waals surface area contributed by atoms with Gasteiger partial charge >= 0.3 is 5.97 Å². The Balaban J connectivity index is 2.34. The first-order valence-electron chi connectivity index (χ1n) is 5.74. The maximum Gasteiger partial charge on any atom is 0.303 e. The van der Waals surface area contributed by atoms with Crippen LogP contribution in [-0.2, 0) is 14.9 Å². The van der Waals surface area contributed by atoms with Crippen molar-refractivity contribution in [3.8, 4) is 0 Å². The van der Waals surface area contributed by atoms with Crippen molar-refractivity contribution in [3.05, 3.63) is 23.7 Å². The van der Waals surface area contributed by atoms with Gasteiger partial charge in [-0.3, -0.25) is 4.79 Å². The lowest BCUT2D eigenvalue weighted by molar-refractivity contribution is -0.154. The van der Waals surface area contributed by atoms with Crippen LogP contribution < -0.4 is 0 Å². The maximum atomic E-state index is 11.0. The third-order valence-corrected chi connectivity index (χ3v) is 3.80. The Kier molecular flexibility index (Phi) is 2.78. The zero-order chi connectivity index (χ0) is 12.7. The SMILES string of the molecule is Cc1ccc(C2(C(C)(C)CC(=O)O)COC2)o1. The summed E-state index contributed by atoms with van der Waals surface area (Å²) in [6.45, 7) is 6.87. The third-order valence-electron chi connectivity index (χ3n) is 3.80. The molecule has 0 unspecified atom stereocenters. The highest BCUT2D eigenvalue weighted by Crippen LogP contribution is 2.49. The fourth-order valence-corrected chi connectivity index (χ4v) is 2.41. The standard InChI is InChI=1S/C13H18O4/c1-9-4-5-10(17-9)13(7-16-8-13)12(2,3)6-11(14)15/h4-5H,6-8H2,1-3H3,(H,14,15). The molecule has 1 N–H and O–H groups in total. The Morgan fingerprint density at radius 2 is 2.12 bits per heavy atom. The summed E-state index contributed by atoms with van der Waals surface area (Å²) in [5.74, 6) is 0.898. The van der Waals surface area contributed by atoms with Crippen molar-refractivity contribution in [2.75, 3.05) is 13.2 Å². The molecular formula is C13H18O4. The van der Waals surface area contributed by atoms with E-state index in [1.165, 1.54) is 0 Å². The maximum absolute atomic E-state index is 11.0. The predicted molar refractivity (Wildman–Crippen MR) is 62.0 cm³/mol. The van der Waals surface area contributed by atoms with Crippen molar-refractivity contribution in [2.45, 2.75) is 32.6 Å². The van der Waals surface area contributed by atoms with E-state index in [1.54, 1.807) is 0 Å². The molecule has 94 valence electrons. The lowest BCUT2D eigenvalue weighted by atomic mass is 9.61. The number of hydrogen-bond acceptors (Lipinski definition) is 3. The molecule has 1 aliphatic heterocycles. The van der Waals surface area contributed by atoms with Gasteiger partial charge in [0.05, 0.1) is 25.0 Å². The summed E-state index contributed by atoms with van der Waals surface area (Å²) in [4.78, 5) is 11.0. The zero-order valence-electron chi connectivity index (χ0n) is 10.4. The molecule has 2 rings (SSSR count). The molecule has 0 aliphatic carbocycles. The van der Waals surface area contributed by atoms with E-state index in [4.69, 9.17) is 14.3 Å². The molecule has 17 heavy (non-hydrogen) atoms. The first-order valence-corrected chi connectivity index (χ1v) is 5.74. The average Bonchev–Trinajstić information content (AvgIpc) is 2.46. The summed E-state index contributed by atoms with van der Waals surface area (Å²) in [5, 5.41) is 9.01. The van der Waals surface area contributed by atoms with Gasteiger partial charge in [0.25, 0.3) is 0 Å². The molecule has 0 atom stereocenters.